The van der Waals surface area contributed by atoms with Crippen molar-refractivity contribution < 1.29 is 10.9 Å². The van der Waals surface area contributed by atoms with Crippen LogP contribution in [0.1, 0.15) is 7.79 Å². The lowest BCUT2D eigenvalue weighted by molar-refractivity contribution is -0.139. The molecule has 0 N–H and O–H groups in total. The molecule has 7 heavy (non-hydrogen) atoms. The molecule has 0 unspecified atom stereocenters. The van der Waals surface area contributed by atoms with Crippen LogP contribution in [0.25, 0.3) is 0 Å². The van der Waals surface area contributed by atoms with E-state index in [0.29, 0.717) is 0 Å². The maximum Gasteiger partial charge on any atom is 0.317 e. The molecule has 0 aliphatic rings. The molecule has 38 valence electrons. The van der Waals surface area contributed by atoms with Crippen LogP contribution in [0.4, 0.5) is 0 Å². The number of methoxy groups -OCH3 is 1. The maximum atomic E-state index is 10.2. The van der Waals surface area contributed by atoms with Gasteiger partial charge in [-0.25, -0.2) is 0 Å². The molecule has 0 radical (unpaired) electrons. The molecule has 0 rings (SSSR count). The fourth-order valence-electron chi connectivity index (χ4n) is 0.144. The Kier molecular flexibility index (Phi) is 1.94. The molecular formula is C5H6O2. The molecule has 0 amide bonds. The second kappa shape index (κ2) is 3.23. The number of rotatable bonds is 1. The minimum atomic E-state index is -0.398. The first-order chi connectivity index (χ1) is 3.81. The first-order valence-electron chi connectivity index (χ1n) is 2.27. The lowest BCUT2D eigenvalue weighted by Gasteiger charge is -1.87. The smallest absolute Gasteiger partial charge is 0.317 e. The zero-order valence-corrected chi connectivity index (χ0v) is 4.02. The summed E-state index contributed by atoms with van der Waals surface area (Å²) < 4.78 is 10.5. The van der Waals surface area contributed by atoms with Crippen LogP contribution in [-0.4, -0.2) is 13.1 Å². The standard InChI is InChI=1S/C5H6O2/c1-3-4-5(6)7-2/h1H,4H2,2H3/i1D. The van der Waals surface area contributed by atoms with Crippen molar-refractivity contribution in [2.24, 2.45) is 0 Å². The molecule has 0 aliphatic heterocycles. The molecule has 0 spiro atoms. The molecular weight excluding hydrogens is 92.1 g/mol. The topological polar surface area (TPSA) is 26.3 Å². The molecule has 0 aromatic carbocycles. The summed E-state index contributed by atoms with van der Waals surface area (Å²) in [6.45, 7) is 0. The molecule has 2 heteroatoms. The van der Waals surface area contributed by atoms with E-state index in [4.69, 9.17) is 1.37 Å². The number of hydrogen-bond acceptors (Lipinski definition) is 2. The minimum Gasteiger partial charge on any atom is -0.468 e. The van der Waals surface area contributed by atoms with E-state index in [9.17, 15) is 4.79 Å². The van der Waals surface area contributed by atoms with Crippen molar-refractivity contribution in [2.45, 2.75) is 6.42 Å². The van der Waals surface area contributed by atoms with Gasteiger partial charge in [-0.3, -0.25) is 4.79 Å². The summed E-state index contributed by atoms with van der Waals surface area (Å²) in [4.78, 5) is 10.2. The maximum absolute atomic E-state index is 10.2. The van der Waals surface area contributed by atoms with Gasteiger partial charge in [-0.05, 0) is 0 Å². The van der Waals surface area contributed by atoms with Gasteiger partial charge in [0.15, 0.2) is 0 Å². The molecule has 2 nitrogen and oxygen atoms in total. The second-order valence-corrected chi connectivity index (χ2v) is 0.930. The van der Waals surface area contributed by atoms with E-state index in [0.717, 1.165) is 0 Å². The Bertz CT molecular complexity index is 131. The Morgan fingerprint density at radius 1 is 2.29 bits per heavy atom. The van der Waals surface area contributed by atoms with E-state index in [-0.39, 0.29) is 6.42 Å². The molecule has 0 saturated heterocycles. The van der Waals surface area contributed by atoms with Crippen molar-refractivity contribution in [3.8, 4) is 12.3 Å². The highest BCUT2D eigenvalue weighted by Crippen LogP contribution is 1.76. The summed E-state index contributed by atoms with van der Waals surface area (Å²) in [5.74, 6) is 1.84. The van der Waals surface area contributed by atoms with Crippen molar-refractivity contribution in [1.29, 1.82) is 0 Å². The average Bonchev–Trinajstić information content (AvgIpc) is 1.83. The van der Waals surface area contributed by atoms with Gasteiger partial charge in [-0.1, -0.05) is 5.92 Å². The van der Waals surface area contributed by atoms with Crippen molar-refractivity contribution in [3.63, 3.8) is 0 Å². The Hall–Kier alpha value is -0.970. The molecule has 0 heterocycles. The summed E-state index contributed by atoms with van der Waals surface area (Å²) >= 11 is 0. The molecule has 0 fully saturated rings. The quantitative estimate of drug-likeness (QED) is 0.346. The average molecular weight is 99.1 g/mol. The molecule has 0 aliphatic carbocycles. The highest BCUT2D eigenvalue weighted by molar-refractivity contribution is 5.71. The zero-order chi connectivity index (χ0) is 6.41. The fraction of sp³-hybridized carbons (Fsp3) is 0.400. The summed E-state index contributed by atoms with van der Waals surface area (Å²) in [6, 6.07) is 0. The van der Waals surface area contributed by atoms with Crippen molar-refractivity contribution in [1.82, 2.24) is 0 Å². The first-order valence-corrected chi connectivity index (χ1v) is 1.77. The van der Waals surface area contributed by atoms with Crippen LogP contribution in [0.2, 0.25) is 0 Å². The monoisotopic (exact) mass is 99.0 g/mol. The molecule has 0 aromatic heterocycles. The highest BCUT2D eigenvalue weighted by Gasteiger charge is 1.90. The van der Waals surface area contributed by atoms with Gasteiger partial charge in [-0.2, -0.15) is 0 Å². The fourth-order valence-corrected chi connectivity index (χ4v) is 0.144. The molecule has 0 saturated carbocycles. The molecule has 0 bridgehead atoms. The van der Waals surface area contributed by atoms with Crippen molar-refractivity contribution in [2.75, 3.05) is 7.11 Å². The van der Waals surface area contributed by atoms with E-state index in [2.05, 4.69) is 10.7 Å². The zero-order valence-electron chi connectivity index (χ0n) is 5.02. The Morgan fingerprint density at radius 2 is 3.00 bits per heavy atom. The van der Waals surface area contributed by atoms with Gasteiger partial charge < -0.3 is 4.74 Å². The van der Waals surface area contributed by atoms with E-state index in [1.54, 1.807) is 0 Å². The number of terminal acetylenes is 1. The van der Waals surface area contributed by atoms with Crippen LogP contribution >= 0.6 is 0 Å². The Labute approximate surface area is 43.9 Å². The number of carbonyl (C=O) groups excluding carboxylic acids is 1. The lowest BCUT2D eigenvalue weighted by Crippen LogP contribution is -1.96. The lowest BCUT2D eigenvalue weighted by atomic mass is 10.5. The second-order valence-electron chi connectivity index (χ2n) is 0.930. The minimum absolute atomic E-state index is 0.0139. The van der Waals surface area contributed by atoms with Gasteiger partial charge in [0.2, 0.25) is 0 Å². The summed E-state index contributed by atoms with van der Waals surface area (Å²) in [5, 5.41) is 0. The third-order valence-corrected chi connectivity index (χ3v) is 0.460. The van der Waals surface area contributed by atoms with Gasteiger partial charge in [0, 0.05) is 0 Å². The van der Waals surface area contributed by atoms with Crippen LogP contribution < -0.4 is 0 Å². The Balaban J connectivity index is 3.35. The predicted octanol–water partition coefficient (Wildman–Crippen LogP) is 0.183. The van der Waals surface area contributed by atoms with E-state index in [1.165, 1.54) is 7.11 Å². The number of hydrogen-bond donors (Lipinski definition) is 0. The normalized spacial score (nSPS) is 7.86. The van der Waals surface area contributed by atoms with Crippen LogP contribution in [0.3, 0.4) is 0 Å². The largest absolute Gasteiger partial charge is 0.468 e. The van der Waals surface area contributed by atoms with Gasteiger partial charge in [0.1, 0.15) is 7.79 Å². The van der Waals surface area contributed by atoms with Crippen LogP contribution in [-0.2, 0) is 9.53 Å². The summed E-state index contributed by atoms with van der Waals surface area (Å²) in [7, 11) is 1.29. The molecule has 0 atom stereocenters. The number of esters is 1. The van der Waals surface area contributed by atoms with Crippen LogP contribution in [0.5, 0.6) is 0 Å². The number of carbonyl (C=O) groups is 1. The Morgan fingerprint density at radius 3 is 3.43 bits per heavy atom. The van der Waals surface area contributed by atoms with Crippen LogP contribution in [0, 0.1) is 12.3 Å². The summed E-state index contributed by atoms with van der Waals surface area (Å²) in [6.07, 6.45) is 1.85. The third kappa shape index (κ3) is 2.84. The van der Waals surface area contributed by atoms with Crippen molar-refractivity contribution >= 4 is 5.97 Å². The SMILES string of the molecule is [2H]C#CCC(=O)OC. The first kappa shape index (κ1) is 4.20. The van der Waals surface area contributed by atoms with E-state index >= 15 is 0 Å². The third-order valence-electron chi connectivity index (χ3n) is 0.460. The molecule has 0 aromatic rings. The number of ether oxygens (including phenoxy) is 1. The van der Waals surface area contributed by atoms with Gasteiger partial charge >= 0.3 is 5.97 Å². The van der Waals surface area contributed by atoms with Gasteiger partial charge in [0.25, 0.3) is 0 Å². The van der Waals surface area contributed by atoms with Gasteiger partial charge in [0.05, 0.1) is 7.11 Å². The van der Waals surface area contributed by atoms with Crippen molar-refractivity contribution in [3.05, 3.63) is 0 Å². The summed E-state index contributed by atoms with van der Waals surface area (Å²) in [5.41, 5.74) is 0. The van der Waals surface area contributed by atoms with E-state index in [1.807, 2.05) is 6.40 Å². The van der Waals surface area contributed by atoms with Crippen LogP contribution in [0.15, 0.2) is 0 Å². The predicted molar refractivity (Wildman–Crippen MR) is 25.5 cm³/mol. The van der Waals surface area contributed by atoms with E-state index < -0.39 is 5.97 Å². The highest BCUT2D eigenvalue weighted by atomic mass is 16.5. The van der Waals surface area contributed by atoms with Gasteiger partial charge in [-0.15, -0.1) is 6.40 Å².